The van der Waals surface area contributed by atoms with E-state index in [4.69, 9.17) is 21.1 Å². The minimum absolute atomic E-state index is 0. The first-order chi connectivity index (χ1) is 17.9. The number of hydrogen-bond acceptors (Lipinski definition) is 7. The van der Waals surface area contributed by atoms with Crippen LogP contribution >= 0.6 is 11.6 Å². The van der Waals surface area contributed by atoms with Crippen LogP contribution in [0.3, 0.4) is 0 Å². The van der Waals surface area contributed by atoms with Crippen LogP contribution < -0.4 is 44.1 Å². The van der Waals surface area contributed by atoms with Gasteiger partial charge in [0.25, 0.3) is 0 Å². The summed E-state index contributed by atoms with van der Waals surface area (Å²) in [5, 5.41) is 20.1. The topological polar surface area (TPSA) is 101 Å². The zero-order valence-corrected chi connectivity index (χ0v) is 23.7. The van der Waals surface area contributed by atoms with Crippen LogP contribution in [-0.4, -0.2) is 28.6 Å². The van der Waals surface area contributed by atoms with Crippen LogP contribution in [0.15, 0.2) is 72.8 Å². The molecule has 1 aliphatic rings. The molecule has 0 spiro atoms. The molecule has 1 aliphatic heterocycles. The van der Waals surface area contributed by atoms with Crippen molar-refractivity contribution in [2.75, 3.05) is 6.61 Å². The molecule has 0 radical (unpaired) electrons. The molecule has 3 aromatic carbocycles. The van der Waals surface area contributed by atoms with Crippen LogP contribution in [0.5, 0.6) is 17.2 Å². The molecule has 0 fully saturated rings. The van der Waals surface area contributed by atoms with Crippen molar-refractivity contribution >= 4 is 23.4 Å². The van der Waals surface area contributed by atoms with E-state index in [2.05, 4.69) is 10.2 Å². The summed E-state index contributed by atoms with van der Waals surface area (Å²) >= 11 is 6.35. The number of fused-ring (bicyclic) bond motifs is 1. The van der Waals surface area contributed by atoms with Crippen molar-refractivity contribution in [2.45, 2.75) is 25.7 Å². The van der Waals surface area contributed by atoms with E-state index in [0.717, 1.165) is 11.3 Å². The van der Waals surface area contributed by atoms with Gasteiger partial charge in [0.2, 0.25) is 0 Å². The van der Waals surface area contributed by atoms with E-state index in [1.807, 2.05) is 43.3 Å². The van der Waals surface area contributed by atoms with Crippen LogP contribution in [0.2, 0.25) is 5.02 Å². The van der Waals surface area contributed by atoms with E-state index < -0.39 is 11.9 Å². The second-order valence-electron chi connectivity index (χ2n) is 8.83. The van der Waals surface area contributed by atoms with Crippen molar-refractivity contribution < 1.29 is 53.7 Å². The molecule has 0 N–H and O–H groups in total. The molecule has 1 unspecified atom stereocenters. The minimum Gasteiger partial charge on any atom is -0.549 e. The average Bonchev–Trinajstić information content (AvgIpc) is 2.90. The molecule has 1 atom stereocenters. The maximum atomic E-state index is 12.8. The van der Waals surface area contributed by atoms with Crippen LogP contribution in [0, 0.1) is 6.92 Å². The van der Waals surface area contributed by atoms with Gasteiger partial charge in [-0.15, -0.1) is 0 Å². The van der Waals surface area contributed by atoms with Crippen LogP contribution in [-0.2, 0) is 11.2 Å². The summed E-state index contributed by atoms with van der Waals surface area (Å²) in [5.74, 6) is -0.846. The van der Waals surface area contributed by atoms with E-state index >= 15 is 0 Å². The van der Waals surface area contributed by atoms with Gasteiger partial charge in [-0.3, -0.25) is 4.79 Å². The Morgan fingerprint density at radius 2 is 1.76 bits per heavy atom. The molecule has 0 amide bonds. The summed E-state index contributed by atoms with van der Waals surface area (Å²) in [6, 6.07) is 21.5. The number of nitrogens with zero attached hydrogens (tertiary/aromatic N) is 2. The monoisotopic (exact) mass is 536 g/mol. The fourth-order valence-electron chi connectivity index (χ4n) is 4.15. The van der Waals surface area contributed by atoms with Gasteiger partial charge in [-0.2, -0.15) is 10.2 Å². The zero-order valence-electron chi connectivity index (χ0n) is 20.9. The van der Waals surface area contributed by atoms with E-state index in [0.29, 0.717) is 40.5 Å². The molecular formula is C29H22ClN2NaO5. The van der Waals surface area contributed by atoms with Gasteiger partial charge >= 0.3 is 29.6 Å². The maximum absolute atomic E-state index is 12.8. The standard InChI is InChI=1S/C29H23ClN2O5.Na/c1-17-2-4-18(5-3-17)25-11-8-20(31-32-25)14-26(33)19-6-9-21(10-7-19)37-28-16-27-23(15-24(28)30)22(29(34)35)12-13-36-27;/h2-11,15-16,22H,12-14H2,1H3,(H,34,35);/q;+1/p-1. The fraction of sp³-hybridized carbons (Fsp3) is 0.172. The third kappa shape index (κ3) is 6.25. The summed E-state index contributed by atoms with van der Waals surface area (Å²) < 4.78 is 11.5. The van der Waals surface area contributed by atoms with Gasteiger partial charge in [-0.25, -0.2) is 0 Å². The predicted molar refractivity (Wildman–Crippen MR) is 136 cm³/mol. The molecule has 0 aliphatic carbocycles. The van der Waals surface area contributed by atoms with Gasteiger partial charge in [0.15, 0.2) is 5.78 Å². The summed E-state index contributed by atoms with van der Waals surface area (Å²) in [5.41, 5.74) is 4.45. The van der Waals surface area contributed by atoms with Crippen LogP contribution in [0.25, 0.3) is 11.3 Å². The number of carboxylic acids is 1. The first-order valence-corrected chi connectivity index (χ1v) is 12.1. The molecule has 38 heavy (non-hydrogen) atoms. The number of ketones is 1. The summed E-state index contributed by atoms with van der Waals surface area (Å²) in [7, 11) is 0. The van der Waals surface area contributed by atoms with E-state index in [1.54, 1.807) is 30.3 Å². The zero-order chi connectivity index (χ0) is 25.9. The number of halogens is 1. The fourth-order valence-corrected chi connectivity index (χ4v) is 4.36. The second-order valence-corrected chi connectivity index (χ2v) is 9.24. The Balaban J connectivity index is 0.00000336. The number of aryl methyl sites for hydroxylation is 1. The summed E-state index contributed by atoms with van der Waals surface area (Å²) in [6.45, 7) is 2.29. The molecule has 7 nitrogen and oxygen atoms in total. The van der Waals surface area contributed by atoms with Crippen molar-refractivity contribution in [2.24, 2.45) is 0 Å². The number of Topliss-reactive ketones (excluding diaryl/α,β-unsaturated/α-hetero) is 1. The molecule has 2 heterocycles. The summed E-state index contributed by atoms with van der Waals surface area (Å²) in [6.07, 6.45) is 0.443. The number of benzene rings is 3. The Morgan fingerprint density at radius 1 is 1.03 bits per heavy atom. The largest absolute Gasteiger partial charge is 1.00 e. The van der Waals surface area contributed by atoms with Gasteiger partial charge in [-0.1, -0.05) is 41.4 Å². The number of aromatic nitrogens is 2. The second kappa shape index (κ2) is 12.1. The molecule has 4 aromatic rings. The maximum Gasteiger partial charge on any atom is 1.00 e. The SMILES string of the molecule is Cc1ccc(-c2ccc(CC(=O)c3ccc(Oc4cc5c(cc4Cl)C(C(=O)[O-])CCO5)cc3)nn2)cc1.[Na+]. The van der Waals surface area contributed by atoms with Gasteiger partial charge in [0.05, 0.1) is 29.4 Å². The number of aliphatic carboxylic acids is 1. The minimum atomic E-state index is -1.16. The van der Waals surface area contributed by atoms with Crippen molar-refractivity contribution in [3.8, 4) is 28.5 Å². The number of hydrogen-bond donors (Lipinski definition) is 0. The van der Waals surface area contributed by atoms with Crippen molar-refractivity contribution in [1.82, 2.24) is 10.2 Å². The normalized spacial score (nSPS) is 14.0. The molecule has 0 saturated carbocycles. The van der Waals surface area contributed by atoms with Gasteiger partial charge in [0.1, 0.15) is 17.2 Å². The number of rotatable bonds is 7. The van der Waals surface area contributed by atoms with E-state index in [1.165, 1.54) is 11.6 Å². The molecule has 5 rings (SSSR count). The smallest absolute Gasteiger partial charge is 0.549 e. The Bertz CT molecular complexity index is 1460. The quantitative estimate of drug-likeness (QED) is 0.263. The third-order valence-corrected chi connectivity index (χ3v) is 6.50. The molecule has 1 aromatic heterocycles. The Kier molecular flexibility index (Phi) is 8.84. The Labute approximate surface area is 247 Å². The molecule has 0 bridgehead atoms. The number of carbonyl (C=O) groups excluding carboxylic acids is 2. The van der Waals surface area contributed by atoms with Gasteiger partial charge < -0.3 is 19.4 Å². The van der Waals surface area contributed by atoms with Crippen LogP contribution in [0.1, 0.15) is 39.5 Å². The summed E-state index contributed by atoms with van der Waals surface area (Å²) in [4.78, 5) is 24.2. The van der Waals surface area contributed by atoms with Gasteiger partial charge in [0, 0.05) is 34.6 Å². The van der Waals surface area contributed by atoms with Gasteiger partial charge in [-0.05, 0) is 55.8 Å². The van der Waals surface area contributed by atoms with Crippen molar-refractivity contribution in [3.63, 3.8) is 0 Å². The third-order valence-electron chi connectivity index (χ3n) is 6.20. The first-order valence-electron chi connectivity index (χ1n) is 11.8. The first kappa shape index (κ1) is 27.8. The number of carboxylic acid groups (broad SMARTS) is 1. The van der Waals surface area contributed by atoms with E-state index in [9.17, 15) is 14.7 Å². The predicted octanol–water partition coefficient (Wildman–Crippen LogP) is 1.94. The van der Waals surface area contributed by atoms with Crippen molar-refractivity contribution in [3.05, 3.63) is 100 Å². The molecule has 9 heteroatoms. The molecule has 0 saturated heterocycles. The van der Waals surface area contributed by atoms with Crippen molar-refractivity contribution in [1.29, 1.82) is 0 Å². The van der Waals surface area contributed by atoms with Crippen LogP contribution in [0.4, 0.5) is 0 Å². The molecule has 186 valence electrons. The molecular weight excluding hydrogens is 515 g/mol. The van der Waals surface area contributed by atoms with E-state index in [-0.39, 0.29) is 53.4 Å². The number of ether oxygens (including phenoxy) is 2. The Hall–Kier alpha value is -3.23. The average molecular weight is 537 g/mol. The number of carbonyl (C=O) groups is 2. The Morgan fingerprint density at radius 3 is 2.42 bits per heavy atom.